The quantitative estimate of drug-likeness (QED) is 0.901. The first-order chi connectivity index (χ1) is 11.2. The molecule has 3 heterocycles. The maximum atomic E-state index is 12.2. The number of amides is 2. The van der Waals surface area contributed by atoms with Gasteiger partial charge in [0.15, 0.2) is 5.76 Å². The minimum absolute atomic E-state index is 0.0191. The summed E-state index contributed by atoms with van der Waals surface area (Å²) < 4.78 is 4.99. The SMILES string of the molecule is O=C(NCC(=O)N1CCN(c2ccncc2)CC1)c1ccco1. The Morgan fingerprint density at radius 1 is 1.13 bits per heavy atom. The summed E-state index contributed by atoms with van der Waals surface area (Å²) in [5, 5.41) is 2.58. The fraction of sp³-hybridized carbons (Fsp3) is 0.312. The van der Waals surface area contributed by atoms with Crippen LogP contribution in [-0.4, -0.2) is 54.4 Å². The molecule has 1 aliphatic rings. The Balaban J connectivity index is 1.46. The molecule has 0 unspecified atom stereocenters. The second-order valence-corrected chi connectivity index (χ2v) is 5.23. The predicted molar refractivity (Wildman–Crippen MR) is 84.1 cm³/mol. The van der Waals surface area contributed by atoms with E-state index in [-0.39, 0.29) is 24.1 Å². The van der Waals surface area contributed by atoms with E-state index < -0.39 is 0 Å². The van der Waals surface area contributed by atoms with E-state index in [0.717, 1.165) is 18.8 Å². The van der Waals surface area contributed by atoms with Gasteiger partial charge >= 0.3 is 0 Å². The molecule has 0 aromatic carbocycles. The first kappa shape index (κ1) is 15.1. The van der Waals surface area contributed by atoms with Crippen LogP contribution in [0.15, 0.2) is 47.3 Å². The lowest BCUT2D eigenvalue weighted by Gasteiger charge is -2.36. The van der Waals surface area contributed by atoms with Crippen molar-refractivity contribution in [1.82, 2.24) is 15.2 Å². The lowest BCUT2D eigenvalue weighted by Crippen LogP contribution is -2.51. The molecule has 120 valence electrons. The van der Waals surface area contributed by atoms with Gasteiger partial charge in [0.05, 0.1) is 12.8 Å². The van der Waals surface area contributed by atoms with Gasteiger partial charge in [-0.1, -0.05) is 0 Å². The molecule has 7 heteroatoms. The van der Waals surface area contributed by atoms with Crippen molar-refractivity contribution < 1.29 is 14.0 Å². The van der Waals surface area contributed by atoms with E-state index in [1.165, 1.54) is 6.26 Å². The van der Waals surface area contributed by atoms with Gasteiger partial charge in [0.2, 0.25) is 5.91 Å². The third-order valence-electron chi connectivity index (χ3n) is 3.81. The van der Waals surface area contributed by atoms with E-state index in [2.05, 4.69) is 15.2 Å². The molecule has 2 aromatic heterocycles. The normalized spacial score (nSPS) is 14.6. The zero-order valence-electron chi connectivity index (χ0n) is 12.6. The fourth-order valence-electron chi connectivity index (χ4n) is 2.53. The van der Waals surface area contributed by atoms with Crippen LogP contribution in [-0.2, 0) is 4.79 Å². The van der Waals surface area contributed by atoms with Crippen molar-refractivity contribution in [3.8, 4) is 0 Å². The van der Waals surface area contributed by atoms with Crippen LogP contribution < -0.4 is 10.2 Å². The standard InChI is InChI=1S/C16H18N4O3/c21-15(12-18-16(22)14-2-1-11-23-14)20-9-7-19(8-10-20)13-3-5-17-6-4-13/h1-6,11H,7-10,12H2,(H,18,22). The molecule has 0 aliphatic carbocycles. The lowest BCUT2D eigenvalue weighted by atomic mass is 10.2. The van der Waals surface area contributed by atoms with Crippen LogP contribution in [0.3, 0.4) is 0 Å². The second-order valence-electron chi connectivity index (χ2n) is 5.23. The summed E-state index contributed by atoms with van der Waals surface area (Å²) >= 11 is 0. The van der Waals surface area contributed by atoms with E-state index in [1.54, 1.807) is 29.4 Å². The van der Waals surface area contributed by atoms with Crippen molar-refractivity contribution in [1.29, 1.82) is 0 Å². The van der Waals surface area contributed by atoms with Crippen LogP contribution in [0.1, 0.15) is 10.6 Å². The van der Waals surface area contributed by atoms with Crippen molar-refractivity contribution in [2.24, 2.45) is 0 Å². The molecule has 1 N–H and O–H groups in total. The fourth-order valence-corrected chi connectivity index (χ4v) is 2.53. The van der Waals surface area contributed by atoms with Gasteiger partial charge in [-0.05, 0) is 24.3 Å². The summed E-state index contributed by atoms with van der Waals surface area (Å²) in [6, 6.07) is 7.12. The summed E-state index contributed by atoms with van der Waals surface area (Å²) in [6.45, 7) is 2.79. The highest BCUT2D eigenvalue weighted by molar-refractivity contribution is 5.94. The Kier molecular flexibility index (Phi) is 4.56. The summed E-state index contributed by atoms with van der Waals surface area (Å²) in [5.41, 5.74) is 1.11. The molecule has 2 aromatic rings. The molecule has 0 bridgehead atoms. The number of hydrogen-bond acceptors (Lipinski definition) is 5. The maximum Gasteiger partial charge on any atom is 0.287 e. The number of aromatic nitrogens is 1. The highest BCUT2D eigenvalue weighted by Crippen LogP contribution is 2.14. The number of pyridine rings is 1. The number of anilines is 1. The van der Waals surface area contributed by atoms with Crippen molar-refractivity contribution in [3.63, 3.8) is 0 Å². The van der Waals surface area contributed by atoms with E-state index >= 15 is 0 Å². The molecule has 1 saturated heterocycles. The van der Waals surface area contributed by atoms with Crippen molar-refractivity contribution in [2.45, 2.75) is 0 Å². The lowest BCUT2D eigenvalue weighted by molar-refractivity contribution is -0.130. The van der Waals surface area contributed by atoms with Crippen LogP contribution in [0.25, 0.3) is 0 Å². The van der Waals surface area contributed by atoms with Gasteiger partial charge in [-0.15, -0.1) is 0 Å². The predicted octanol–water partition coefficient (Wildman–Crippen LogP) is 0.753. The first-order valence-electron chi connectivity index (χ1n) is 7.48. The topological polar surface area (TPSA) is 78.7 Å². The Labute approximate surface area is 133 Å². The second kappa shape index (κ2) is 6.95. The number of piperazine rings is 1. The summed E-state index contributed by atoms with van der Waals surface area (Å²) in [7, 11) is 0. The van der Waals surface area contributed by atoms with E-state index in [0.29, 0.717) is 13.1 Å². The monoisotopic (exact) mass is 314 g/mol. The average molecular weight is 314 g/mol. The van der Waals surface area contributed by atoms with Crippen LogP contribution in [0.5, 0.6) is 0 Å². The summed E-state index contributed by atoms with van der Waals surface area (Å²) in [4.78, 5) is 31.9. The van der Waals surface area contributed by atoms with E-state index in [4.69, 9.17) is 4.42 Å². The third kappa shape index (κ3) is 3.68. The molecule has 0 atom stereocenters. The van der Waals surface area contributed by atoms with Crippen LogP contribution >= 0.6 is 0 Å². The molecule has 7 nitrogen and oxygen atoms in total. The third-order valence-corrected chi connectivity index (χ3v) is 3.81. The number of nitrogens with one attached hydrogen (secondary N) is 1. The highest BCUT2D eigenvalue weighted by Gasteiger charge is 2.21. The molecule has 2 amide bonds. The Bertz CT molecular complexity index is 649. The zero-order valence-corrected chi connectivity index (χ0v) is 12.6. The first-order valence-corrected chi connectivity index (χ1v) is 7.48. The number of furan rings is 1. The number of hydrogen-bond donors (Lipinski definition) is 1. The van der Waals surface area contributed by atoms with Gasteiger partial charge in [-0.2, -0.15) is 0 Å². The van der Waals surface area contributed by atoms with Gasteiger partial charge in [-0.3, -0.25) is 14.6 Å². The molecule has 0 saturated carbocycles. The molecule has 0 radical (unpaired) electrons. The minimum atomic E-state index is -0.376. The molecule has 0 spiro atoms. The number of nitrogens with zero attached hydrogens (tertiary/aromatic N) is 3. The van der Waals surface area contributed by atoms with Gasteiger partial charge in [0, 0.05) is 44.3 Å². The minimum Gasteiger partial charge on any atom is -0.459 e. The van der Waals surface area contributed by atoms with Gasteiger partial charge in [-0.25, -0.2) is 0 Å². The smallest absolute Gasteiger partial charge is 0.287 e. The number of rotatable bonds is 4. The van der Waals surface area contributed by atoms with E-state index in [1.807, 2.05) is 12.1 Å². The molecular formula is C16H18N4O3. The number of carbonyl (C=O) groups is 2. The van der Waals surface area contributed by atoms with Gasteiger partial charge in [0.25, 0.3) is 5.91 Å². The number of carbonyl (C=O) groups excluding carboxylic acids is 2. The van der Waals surface area contributed by atoms with Crippen molar-refractivity contribution >= 4 is 17.5 Å². The molecule has 1 fully saturated rings. The molecule has 23 heavy (non-hydrogen) atoms. The van der Waals surface area contributed by atoms with Crippen LogP contribution in [0.4, 0.5) is 5.69 Å². The average Bonchev–Trinajstić information content (AvgIpc) is 3.15. The molecular weight excluding hydrogens is 296 g/mol. The highest BCUT2D eigenvalue weighted by atomic mass is 16.3. The largest absolute Gasteiger partial charge is 0.459 e. The Hall–Kier alpha value is -2.83. The van der Waals surface area contributed by atoms with Crippen LogP contribution in [0.2, 0.25) is 0 Å². The molecule has 1 aliphatic heterocycles. The van der Waals surface area contributed by atoms with Gasteiger partial charge < -0.3 is 19.5 Å². The maximum absolute atomic E-state index is 12.2. The van der Waals surface area contributed by atoms with E-state index in [9.17, 15) is 9.59 Å². The Morgan fingerprint density at radius 3 is 2.52 bits per heavy atom. The van der Waals surface area contributed by atoms with Gasteiger partial charge in [0.1, 0.15) is 0 Å². The Morgan fingerprint density at radius 2 is 1.87 bits per heavy atom. The molecule has 3 rings (SSSR count). The van der Waals surface area contributed by atoms with Crippen molar-refractivity contribution in [3.05, 3.63) is 48.7 Å². The van der Waals surface area contributed by atoms with Crippen LogP contribution in [0, 0.1) is 0 Å². The zero-order chi connectivity index (χ0) is 16.1. The van der Waals surface area contributed by atoms with Crippen molar-refractivity contribution in [2.75, 3.05) is 37.6 Å². The summed E-state index contributed by atoms with van der Waals surface area (Å²) in [5.74, 6) is -0.252. The summed E-state index contributed by atoms with van der Waals surface area (Å²) in [6.07, 6.45) is 4.95.